The highest BCUT2D eigenvalue weighted by Gasteiger charge is 2.19. The molecule has 0 aliphatic carbocycles. The van der Waals surface area contributed by atoms with E-state index in [-0.39, 0.29) is 40.7 Å². The summed E-state index contributed by atoms with van der Waals surface area (Å²) < 4.78 is 0. The first-order valence-electron chi connectivity index (χ1n) is 8.99. The van der Waals surface area contributed by atoms with Crippen molar-refractivity contribution in [3.05, 3.63) is 34.6 Å². The first-order chi connectivity index (χ1) is 11.1. The fourth-order valence-corrected chi connectivity index (χ4v) is 1.70. The van der Waals surface area contributed by atoms with Crippen molar-refractivity contribution < 1.29 is 10.2 Å². The molecule has 0 amide bonds. The minimum Gasteiger partial charge on any atom is -0.511 e. The van der Waals surface area contributed by atoms with Crippen LogP contribution in [0.4, 0.5) is 0 Å². The monoisotopic (exact) mass is 466 g/mol. The van der Waals surface area contributed by atoms with Gasteiger partial charge in [-0.05, 0) is 59.6 Å². The van der Waals surface area contributed by atoms with Gasteiger partial charge in [-0.1, -0.05) is 58.3 Å². The molecule has 0 aliphatic heterocycles. The van der Waals surface area contributed by atoms with Gasteiger partial charge in [-0.25, -0.2) is 0 Å². The molecule has 0 heterocycles. The Bertz CT molecular complexity index is 524. The molecule has 1 atom stereocenters. The van der Waals surface area contributed by atoms with E-state index in [4.69, 9.17) is 6.42 Å². The van der Waals surface area contributed by atoms with Crippen LogP contribution in [0.5, 0.6) is 0 Å². The van der Waals surface area contributed by atoms with E-state index in [2.05, 4.69) is 12.5 Å². The maximum Gasteiger partial charge on any atom is 0.101 e. The van der Waals surface area contributed by atoms with Crippen molar-refractivity contribution in [1.29, 1.82) is 0 Å². The summed E-state index contributed by atoms with van der Waals surface area (Å²) in [6, 6.07) is 0. The van der Waals surface area contributed by atoms with Gasteiger partial charge in [-0.3, -0.25) is 0 Å². The number of rotatable bonds is 3. The van der Waals surface area contributed by atoms with Crippen LogP contribution in [0.2, 0.25) is 0 Å². The zero-order chi connectivity index (χ0) is 21.2. The largest absolute Gasteiger partial charge is 0.511 e. The van der Waals surface area contributed by atoms with Gasteiger partial charge < -0.3 is 10.2 Å². The van der Waals surface area contributed by atoms with Crippen LogP contribution < -0.4 is 0 Å². The highest BCUT2D eigenvalue weighted by molar-refractivity contribution is 8.93. The number of hydrogen-bond acceptors (Lipinski definition) is 2. The first-order valence-corrected chi connectivity index (χ1v) is 8.99. The predicted octanol–water partition coefficient (Wildman–Crippen LogP) is 7.83. The molecule has 27 heavy (non-hydrogen) atoms. The molecule has 162 valence electrons. The molecule has 0 spiro atoms. The number of terminal acetylenes is 1. The fraction of sp³-hybridized carbons (Fsp3) is 0.652. The molecule has 0 fully saturated rings. The van der Waals surface area contributed by atoms with Crippen LogP contribution >= 0.6 is 29.4 Å². The second-order valence-electron chi connectivity index (χ2n) is 7.76. The topological polar surface area (TPSA) is 40.5 Å². The molecular formula is C23H44BrClO2. The molecule has 2 nitrogen and oxygen atoms in total. The van der Waals surface area contributed by atoms with Crippen LogP contribution in [0, 0.1) is 23.7 Å². The van der Waals surface area contributed by atoms with E-state index in [9.17, 15) is 10.2 Å². The lowest BCUT2D eigenvalue weighted by molar-refractivity contribution is 0.118. The lowest BCUT2D eigenvalue weighted by Crippen LogP contribution is -2.22. The Hall–Kier alpha value is -0.690. The molecule has 0 saturated heterocycles. The second kappa shape index (κ2) is 16.3. The van der Waals surface area contributed by atoms with Gasteiger partial charge in [0.1, 0.15) is 5.76 Å². The third kappa shape index (κ3) is 16.0. The number of aliphatic hydroxyl groups is 2. The lowest BCUT2D eigenvalue weighted by Gasteiger charge is -2.22. The molecule has 0 bridgehead atoms. The van der Waals surface area contributed by atoms with E-state index >= 15 is 0 Å². The summed E-state index contributed by atoms with van der Waals surface area (Å²) in [7, 11) is 0. The molecule has 4 heteroatoms. The Morgan fingerprint density at radius 1 is 1.00 bits per heavy atom. The van der Waals surface area contributed by atoms with Crippen LogP contribution in [0.15, 0.2) is 34.6 Å². The van der Waals surface area contributed by atoms with Crippen molar-refractivity contribution in [2.45, 2.75) is 88.7 Å². The molecule has 0 saturated carbocycles. The minimum absolute atomic E-state index is 0. The molecule has 0 rings (SSSR count). The summed E-state index contributed by atoms with van der Waals surface area (Å²) in [6.07, 6.45) is 5.29. The van der Waals surface area contributed by atoms with Crippen LogP contribution in [-0.4, -0.2) is 15.8 Å². The van der Waals surface area contributed by atoms with E-state index in [0.29, 0.717) is 5.76 Å². The molecule has 0 aromatic rings. The maximum atomic E-state index is 9.67. The Labute approximate surface area is 186 Å². The lowest BCUT2D eigenvalue weighted by atomic mass is 9.89. The van der Waals surface area contributed by atoms with Crippen LogP contribution in [0.1, 0.15) is 83.1 Å². The Kier molecular flexibility index (Phi) is 22.4. The van der Waals surface area contributed by atoms with Crippen LogP contribution in [0.3, 0.4) is 0 Å². The third-order valence-corrected chi connectivity index (χ3v) is 4.11. The molecule has 0 aliphatic rings. The maximum absolute atomic E-state index is 9.67. The van der Waals surface area contributed by atoms with Crippen molar-refractivity contribution in [2.75, 3.05) is 0 Å². The standard InChI is InChI=1S/C11H18O.C10H18O.C2H6.BrH.ClH/c1-7-8(2)9(3)10(4)11(5,6)12;1-7(2)8(3)9(11)10(4,5)6;1-2;;/h1,8,12H,2-6H3;11H,1H2,2-6H3;1-2H3;2*1H/b10-9-;9-8-;;;. The number of hydrogen-bond donors (Lipinski definition) is 2. The van der Waals surface area contributed by atoms with Gasteiger partial charge in [0.05, 0.1) is 5.60 Å². The highest BCUT2D eigenvalue weighted by atomic mass is 79.9. The Morgan fingerprint density at radius 2 is 1.33 bits per heavy atom. The van der Waals surface area contributed by atoms with Crippen molar-refractivity contribution in [2.24, 2.45) is 11.3 Å². The van der Waals surface area contributed by atoms with Gasteiger partial charge in [0.2, 0.25) is 0 Å². The number of allylic oxidation sites excluding steroid dienone is 4. The van der Waals surface area contributed by atoms with Crippen LogP contribution in [0.25, 0.3) is 0 Å². The predicted molar refractivity (Wildman–Crippen MR) is 131 cm³/mol. The van der Waals surface area contributed by atoms with Crippen molar-refractivity contribution in [1.82, 2.24) is 0 Å². The quantitative estimate of drug-likeness (QED) is 0.192. The number of aliphatic hydroxyl groups excluding tert-OH is 1. The van der Waals surface area contributed by atoms with Gasteiger partial charge in [-0.15, -0.1) is 35.8 Å². The first kappa shape index (κ1) is 37.1. The Balaban J connectivity index is -0.000000103. The van der Waals surface area contributed by atoms with Gasteiger partial charge in [0, 0.05) is 11.3 Å². The average molecular weight is 468 g/mol. The fourth-order valence-electron chi connectivity index (χ4n) is 1.70. The highest BCUT2D eigenvalue weighted by Crippen LogP contribution is 2.27. The van der Waals surface area contributed by atoms with Crippen molar-refractivity contribution >= 4 is 29.4 Å². The third-order valence-electron chi connectivity index (χ3n) is 4.11. The summed E-state index contributed by atoms with van der Waals surface area (Å²) in [5, 5.41) is 19.3. The van der Waals surface area contributed by atoms with Crippen molar-refractivity contribution in [3.63, 3.8) is 0 Å². The normalized spacial score (nSPS) is 13.3. The molecule has 0 aromatic heterocycles. The summed E-state index contributed by atoms with van der Waals surface area (Å²) in [4.78, 5) is 0. The summed E-state index contributed by atoms with van der Waals surface area (Å²) in [5.41, 5.74) is 2.96. The summed E-state index contributed by atoms with van der Waals surface area (Å²) in [6.45, 7) is 26.9. The van der Waals surface area contributed by atoms with Gasteiger partial charge in [0.25, 0.3) is 0 Å². The van der Waals surface area contributed by atoms with E-state index in [1.807, 2.05) is 69.2 Å². The van der Waals surface area contributed by atoms with E-state index in [1.165, 1.54) is 0 Å². The molecule has 0 radical (unpaired) electrons. The van der Waals surface area contributed by atoms with E-state index in [1.54, 1.807) is 13.8 Å². The Morgan fingerprint density at radius 3 is 1.48 bits per heavy atom. The van der Waals surface area contributed by atoms with Gasteiger partial charge in [0.15, 0.2) is 0 Å². The molecule has 2 N–H and O–H groups in total. The zero-order valence-electron chi connectivity index (χ0n) is 19.6. The van der Waals surface area contributed by atoms with Gasteiger partial charge in [-0.2, -0.15) is 0 Å². The molecule has 0 aromatic carbocycles. The molecular weight excluding hydrogens is 424 g/mol. The average Bonchev–Trinajstić information content (AvgIpc) is 2.51. The second-order valence-corrected chi connectivity index (χ2v) is 7.76. The summed E-state index contributed by atoms with van der Waals surface area (Å²) in [5.74, 6) is 3.19. The van der Waals surface area contributed by atoms with Crippen molar-refractivity contribution in [3.8, 4) is 12.3 Å². The molecule has 1 unspecified atom stereocenters. The summed E-state index contributed by atoms with van der Waals surface area (Å²) >= 11 is 0. The SMILES string of the molecule is Br.C#CC(C)/C(C)=C(/C)C(C)(C)O.C=C(C)/C(C)=C(\O)C(C)(C)C.CC.Cl. The van der Waals surface area contributed by atoms with E-state index < -0.39 is 5.60 Å². The van der Waals surface area contributed by atoms with Crippen LogP contribution in [-0.2, 0) is 0 Å². The smallest absolute Gasteiger partial charge is 0.101 e. The zero-order valence-corrected chi connectivity index (χ0v) is 22.1. The van der Waals surface area contributed by atoms with Gasteiger partial charge >= 0.3 is 0 Å². The minimum atomic E-state index is -0.755. The van der Waals surface area contributed by atoms with E-state index in [0.717, 1.165) is 22.3 Å². The number of halogens is 2.